The Morgan fingerprint density at radius 3 is 2.75 bits per heavy atom. The van der Waals surface area contributed by atoms with Crippen molar-refractivity contribution in [3.63, 3.8) is 0 Å². The van der Waals surface area contributed by atoms with E-state index < -0.39 is 0 Å². The number of nitrogens with two attached hydrogens (primary N) is 1. The standard InChI is InChI=1S/C11H12O.C3H9N/c1-2-8-4-5-11-10(6-7-12-11)9(8)3-1;1-2-3-4/h4-5H,1-3,6-7H2;2-4H2,1H3. The van der Waals surface area contributed by atoms with Crippen LogP contribution in [0.25, 0.3) is 0 Å². The summed E-state index contributed by atoms with van der Waals surface area (Å²) >= 11 is 0. The van der Waals surface area contributed by atoms with Gasteiger partial charge in [-0.15, -0.1) is 0 Å². The molecule has 0 radical (unpaired) electrons. The quantitative estimate of drug-likeness (QED) is 0.787. The Bertz CT molecular complexity index is 325. The van der Waals surface area contributed by atoms with Gasteiger partial charge in [0.15, 0.2) is 0 Å². The molecule has 2 heteroatoms. The molecular formula is C14H21NO. The van der Waals surface area contributed by atoms with E-state index in [1.165, 1.54) is 24.8 Å². The van der Waals surface area contributed by atoms with Crippen LogP contribution in [0.1, 0.15) is 36.5 Å². The minimum Gasteiger partial charge on any atom is -0.493 e. The maximum atomic E-state index is 5.52. The molecule has 88 valence electrons. The Morgan fingerprint density at radius 2 is 2.00 bits per heavy atom. The molecule has 0 amide bonds. The van der Waals surface area contributed by atoms with E-state index in [4.69, 9.17) is 10.5 Å². The topological polar surface area (TPSA) is 35.2 Å². The predicted molar refractivity (Wildman–Crippen MR) is 67.0 cm³/mol. The molecule has 0 spiro atoms. The van der Waals surface area contributed by atoms with Crippen molar-refractivity contribution in [2.45, 2.75) is 39.0 Å². The summed E-state index contributed by atoms with van der Waals surface area (Å²) < 4.78 is 5.52. The number of rotatable bonds is 1. The highest BCUT2D eigenvalue weighted by molar-refractivity contribution is 5.49. The van der Waals surface area contributed by atoms with Crippen LogP contribution in [0.4, 0.5) is 0 Å². The molecule has 0 atom stereocenters. The van der Waals surface area contributed by atoms with Gasteiger partial charge in [0.05, 0.1) is 6.61 Å². The molecule has 16 heavy (non-hydrogen) atoms. The van der Waals surface area contributed by atoms with Crippen LogP contribution in [0.5, 0.6) is 5.75 Å². The molecule has 0 fully saturated rings. The van der Waals surface area contributed by atoms with Gasteiger partial charge in [-0.05, 0) is 49.4 Å². The normalized spacial score (nSPS) is 15.9. The number of ether oxygens (including phenoxy) is 1. The SMILES string of the molecule is CCCN.c1cc2c(c3c1CCC3)CCO2. The summed E-state index contributed by atoms with van der Waals surface area (Å²) in [7, 11) is 0. The highest BCUT2D eigenvalue weighted by atomic mass is 16.5. The summed E-state index contributed by atoms with van der Waals surface area (Å²) in [5, 5.41) is 0. The van der Waals surface area contributed by atoms with Crippen molar-refractivity contribution in [1.29, 1.82) is 0 Å². The van der Waals surface area contributed by atoms with Gasteiger partial charge in [-0.2, -0.15) is 0 Å². The molecule has 0 bridgehead atoms. The molecule has 0 aromatic heterocycles. The van der Waals surface area contributed by atoms with E-state index in [0.717, 1.165) is 31.7 Å². The van der Waals surface area contributed by atoms with Gasteiger partial charge >= 0.3 is 0 Å². The number of benzene rings is 1. The number of aryl methyl sites for hydroxylation is 1. The average Bonchev–Trinajstić information content (AvgIpc) is 2.95. The molecule has 3 rings (SSSR count). The highest BCUT2D eigenvalue weighted by Crippen LogP contribution is 2.35. The molecule has 1 aliphatic carbocycles. The molecule has 2 N–H and O–H groups in total. The van der Waals surface area contributed by atoms with Crippen LogP contribution in [-0.4, -0.2) is 13.2 Å². The first-order valence-electron chi connectivity index (χ1n) is 6.33. The molecule has 1 aliphatic heterocycles. The van der Waals surface area contributed by atoms with Crippen LogP contribution in [0.15, 0.2) is 12.1 Å². The zero-order chi connectivity index (χ0) is 11.4. The van der Waals surface area contributed by atoms with Crippen molar-refractivity contribution >= 4 is 0 Å². The number of fused-ring (bicyclic) bond motifs is 3. The summed E-state index contributed by atoms with van der Waals surface area (Å²) in [4.78, 5) is 0. The Balaban J connectivity index is 0.000000212. The second-order valence-electron chi connectivity index (χ2n) is 4.42. The second-order valence-corrected chi connectivity index (χ2v) is 4.42. The van der Waals surface area contributed by atoms with E-state index in [-0.39, 0.29) is 0 Å². The summed E-state index contributed by atoms with van der Waals surface area (Å²) in [5.41, 5.74) is 9.70. The molecule has 2 nitrogen and oxygen atoms in total. The van der Waals surface area contributed by atoms with Crippen LogP contribution < -0.4 is 10.5 Å². The Morgan fingerprint density at radius 1 is 1.19 bits per heavy atom. The van der Waals surface area contributed by atoms with Crippen molar-refractivity contribution in [3.05, 3.63) is 28.8 Å². The van der Waals surface area contributed by atoms with E-state index >= 15 is 0 Å². The van der Waals surface area contributed by atoms with Gasteiger partial charge in [0, 0.05) is 12.0 Å². The predicted octanol–water partition coefficient (Wildman–Crippen LogP) is 2.47. The van der Waals surface area contributed by atoms with Gasteiger partial charge in [-0.1, -0.05) is 13.0 Å². The maximum Gasteiger partial charge on any atom is 0.122 e. The molecule has 0 saturated heterocycles. The highest BCUT2D eigenvalue weighted by Gasteiger charge is 2.21. The zero-order valence-electron chi connectivity index (χ0n) is 10.1. The van der Waals surface area contributed by atoms with Crippen LogP contribution >= 0.6 is 0 Å². The largest absolute Gasteiger partial charge is 0.493 e. The Labute approximate surface area is 97.8 Å². The van der Waals surface area contributed by atoms with Crippen molar-refractivity contribution < 1.29 is 4.74 Å². The van der Waals surface area contributed by atoms with E-state index in [9.17, 15) is 0 Å². The Hall–Kier alpha value is -1.02. The van der Waals surface area contributed by atoms with Gasteiger partial charge in [0.1, 0.15) is 5.75 Å². The van der Waals surface area contributed by atoms with E-state index in [1.807, 2.05) is 0 Å². The maximum absolute atomic E-state index is 5.52. The van der Waals surface area contributed by atoms with Gasteiger partial charge in [0.2, 0.25) is 0 Å². The lowest BCUT2D eigenvalue weighted by molar-refractivity contribution is 0.357. The fourth-order valence-electron chi connectivity index (χ4n) is 2.39. The Kier molecular flexibility index (Phi) is 3.83. The van der Waals surface area contributed by atoms with Crippen LogP contribution in [-0.2, 0) is 19.3 Å². The third-order valence-corrected chi connectivity index (χ3v) is 3.26. The molecule has 0 saturated carbocycles. The second kappa shape index (κ2) is 5.35. The lowest BCUT2D eigenvalue weighted by atomic mass is 10.0. The smallest absolute Gasteiger partial charge is 0.122 e. The molecule has 2 aliphatic rings. The minimum atomic E-state index is 0.819. The molecule has 1 aromatic carbocycles. The monoisotopic (exact) mass is 219 g/mol. The summed E-state index contributed by atoms with van der Waals surface area (Å²) in [5.74, 6) is 1.15. The van der Waals surface area contributed by atoms with E-state index in [2.05, 4.69) is 19.1 Å². The summed E-state index contributed by atoms with van der Waals surface area (Å²) in [6.45, 7) is 3.77. The first-order valence-corrected chi connectivity index (χ1v) is 6.33. The third kappa shape index (κ3) is 2.22. The van der Waals surface area contributed by atoms with Gasteiger partial charge in [-0.25, -0.2) is 0 Å². The summed E-state index contributed by atoms with van der Waals surface area (Å²) in [6.07, 6.45) is 6.13. The number of hydrogen-bond acceptors (Lipinski definition) is 2. The van der Waals surface area contributed by atoms with E-state index in [0.29, 0.717) is 0 Å². The van der Waals surface area contributed by atoms with Crippen LogP contribution in [0, 0.1) is 0 Å². The first-order chi connectivity index (χ1) is 7.86. The number of hydrogen-bond donors (Lipinski definition) is 1. The molecule has 1 heterocycles. The lowest BCUT2D eigenvalue weighted by Gasteiger charge is -2.04. The van der Waals surface area contributed by atoms with Gasteiger partial charge in [0.25, 0.3) is 0 Å². The van der Waals surface area contributed by atoms with Gasteiger partial charge in [-0.3, -0.25) is 0 Å². The van der Waals surface area contributed by atoms with Crippen molar-refractivity contribution in [2.75, 3.05) is 13.2 Å². The van der Waals surface area contributed by atoms with Crippen molar-refractivity contribution in [2.24, 2.45) is 5.73 Å². The van der Waals surface area contributed by atoms with Crippen LogP contribution in [0.2, 0.25) is 0 Å². The van der Waals surface area contributed by atoms with Crippen molar-refractivity contribution in [3.8, 4) is 5.75 Å². The zero-order valence-corrected chi connectivity index (χ0v) is 10.1. The first kappa shape index (κ1) is 11.5. The lowest BCUT2D eigenvalue weighted by Crippen LogP contribution is -1.93. The molecular weight excluding hydrogens is 198 g/mol. The minimum absolute atomic E-state index is 0.819. The van der Waals surface area contributed by atoms with Crippen molar-refractivity contribution in [1.82, 2.24) is 0 Å². The third-order valence-electron chi connectivity index (χ3n) is 3.26. The summed E-state index contributed by atoms with van der Waals surface area (Å²) in [6, 6.07) is 4.39. The average molecular weight is 219 g/mol. The van der Waals surface area contributed by atoms with Crippen LogP contribution in [0.3, 0.4) is 0 Å². The fraction of sp³-hybridized carbons (Fsp3) is 0.571. The van der Waals surface area contributed by atoms with Gasteiger partial charge < -0.3 is 10.5 Å². The van der Waals surface area contributed by atoms with E-state index in [1.54, 1.807) is 11.1 Å². The molecule has 1 aromatic rings. The molecule has 0 unspecified atom stereocenters. The fourth-order valence-corrected chi connectivity index (χ4v) is 2.39.